The molecule has 0 aliphatic rings. The Morgan fingerprint density at radius 3 is 2.52 bits per heavy atom. The fourth-order valence-corrected chi connectivity index (χ4v) is 2.71. The van der Waals surface area contributed by atoms with Crippen LogP contribution in [-0.4, -0.2) is 24.7 Å². The molecule has 1 atom stereocenters. The van der Waals surface area contributed by atoms with Crippen LogP contribution in [0.5, 0.6) is 0 Å². The van der Waals surface area contributed by atoms with Crippen molar-refractivity contribution in [1.29, 1.82) is 0 Å². The maximum Gasteiger partial charge on any atom is 0.228 e. The van der Waals surface area contributed by atoms with Crippen LogP contribution < -0.4 is 10.6 Å². The van der Waals surface area contributed by atoms with Crippen LogP contribution in [0.25, 0.3) is 0 Å². The molecule has 1 aromatic carbocycles. The van der Waals surface area contributed by atoms with Gasteiger partial charge in [-0.25, -0.2) is 0 Å². The molecule has 0 saturated carbocycles. The summed E-state index contributed by atoms with van der Waals surface area (Å²) in [6.45, 7) is 9.10. The molecule has 0 bridgehead atoms. The molecule has 3 nitrogen and oxygen atoms in total. The molecule has 1 aromatic rings. The van der Waals surface area contributed by atoms with Crippen molar-refractivity contribution in [2.45, 2.75) is 38.7 Å². The normalized spacial score (nSPS) is 11.9. The van der Waals surface area contributed by atoms with Gasteiger partial charge in [-0.15, -0.1) is 12.4 Å². The molecular formula is C16H27ClN2OS. The van der Waals surface area contributed by atoms with Crippen molar-refractivity contribution in [3.8, 4) is 0 Å². The minimum atomic E-state index is -0.0342. The zero-order valence-electron chi connectivity index (χ0n) is 13.5. The third kappa shape index (κ3) is 6.72. The number of carbonyl (C=O) groups excluding carboxylic acids is 1. The van der Waals surface area contributed by atoms with E-state index in [1.54, 1.807) is 0 Å². The number of amides is 1. The maximum atomic E-state index is 12.1. The molecule has 0 radical (unpaired) electrons. The second kappa shape index (κ2) is 10.1. The summed E-state index contributed by atoms with van der Waals surface area (Å²) in [4.78, 5) is 12.1. The van der Waals surface area contributed by atoms with Gasteiger partial charge in [0.05, 0.1) is 0 Å². The highest BCUT2D eigenvalue weighted by Gasteiger charge is 2.13. The summed E-state index contributed by atoms with van der Waals surface area (Å²) >= 11 is 1.92. The van der Waals surface area contributed by atoms with Crippen molar-refractivity contribution in [1.82, 2.24) is 5.32 Å². The highest BCUT2D eigenvalue weighted by Crippen LogP contribution is 2.25. The van der Waals surface area contributed by atoms with E-state index in [2.05, 4.69) is 37.5 Å². The number of hydrogen-bond acceptors (Lipinski definition) is 3. The van der Waals surface area contributed by atoms with Gasteiger partial charge in [0, 0.05) is 23.9 Å². The van der Waals surface area contributed by atoms with E-state index in [1.165, 1.54) is 11.1 Å². The monoisotopic (exact) mass is 330 g/mol. The summed E-state index contributed by atoms with van der Waals surface area (Å²) in [5.41, 5.74) is 3.40. The number of rotatable bonds is 7. The SMILES string of the molecule is CNCC(C)C(=O)Nc1cccc(CSC(C)C)c1C.Cl. The number of anilines is 1. The van der Waals surface area contributed by atoms with Crippen LogP contribution in [0.1, 0.15) is 31.9 Å². The molecule has 5 heteroatoms. The molecule has 0 aliphatic carbocycles. The van der Waals surface area contributed by atoms with Crippen LogP contribution in [0.2, 0.25) is 0 Å². The number of carbonyl (C=O) groups is 1. The van der Waals surface area contributed by atoms with Gasteiger partial charge in [-0.3, -0.25) is 4.79 Å². The molecule has 21 heavy (non-hydrogen) atoms. The lowest BCUT2D eigenvalue weighted by Gasteiger charge is -2.16. The second-order valence-electron chi connectivity index (χ2n) is 5.40. The molecular weight excluding hydrogens is 304 g/mol. The fraction of sp³-hybridized carbons (Fsp3) is 0.562. The van der Waals surface area contributed by atoms with E-state index in [-0.39, 0.29) is 24.2 Å². The first-order chi connectivity index (χ1) is 9.45. The lowest BCUT2D eigenvalue weighted by Crippen LogP contribution is -2.28. The van der Waals surface area contributed by atoms with Gasteiger partial charge < -0.3 is 10.6 Å². The standard InChI is InChI=1S/C16H26N2OS.ClH/c1-11(2)20-10-14-7-6-8-15(13(14)4)18-16(19)12(3)9-17-5;/h6-8,11-12,17H,9-10H2,1-5H3,(H,18,19);1H. The fourth-order valence-electron chi connectivity index (χ4n) is 1.89. The molecule has 1 unspecified atom stereocenters. The van der Waals surface area contributed by atoms with E-state index in [1.807, 2.05) is 37.9 Å². The summed E-state index contributed by atoms with van der Waals surface area (Å²) in [5, 5.41) is 6.68. The number of nitrogens with one attached hydrogen (secondary N) is 2. The van der Waals surface area contributed by atoms with Gasteiger partial charge in [0.25, 0.3) is 0 Å². The molecule has 0 heterocycles. The van der Waals surface area contributed by atoms with Gasteiger partial charge in [-0.05, 0) is 36.4 Å². The molecule has 0 spiro atoms. The van der Waals surface area contributed by atoms with Crippen LogP contribution in [0.15, 0.2) is 18.2 Å². The Kier molecular flexibility index (Phi) is 9.75. The zero-order valence-corrected chi connectivity index (χ0v) is 15.2. The first-order valence-corrected chi connectivity index (χ1v) is 8.16. The number of benzene rings is 1. The van der Waals surface area contributed by atoms with E-state index in [0.717, 1.165) is 11.4 Å². The smallest absolute Gasteiger partial charge is 0.228 e. The molecule has 0 aromatic heterocycles. The van der Waals surface area contributed by atoms with Gasteiger partial charge in [-0.2, -0.15) is 11.8 Å². The number of thioether (sulfide) groups is 1. The average molecular weight is 331 g/mol. The molecule has 0 aliphatic heterocycles. The van der Waals surface area contributed by atoms with E-state index >= 15 is 0 Å². The van der Waals surface area contributed by atoms with E-state index in [9.17, 15) is 4.79 Å². The largest absolute Gasteiger partial charge is 0.326 e. The molecule has 1 amide bonds. The summed E-state index contributed by atoms with van der Waals surface area (Å²) < 4.78 is 0. The maximum absolute atomic E-state index is 12.1. The Morgan fingerprint density at radius 2 is 1.95 bits per heavy atom. The third-order valence-corrected chi connectivity index (χ3v) is 4.38. The van der Waals surface area contributed by atoms with Crippen molar-refractivity contribution in [3.63, 3.8) is 0 Å². The van der Waals surface area contributed by atoms with Gasteiger partial charge in [-0.1, -0.05) is 32.9 Å². The van der Waals surface area contributed by atoms with Gasteiger partial charge >= 0.3 is 0 Å². The van der Waals surface area contributed by atoms with Crippen molar-refractivity contribution < 1.29 is 4.79 Å². The highest BCUT2D eigenvalue weighted by atomic mass is 35.5. The van der Waals surface area contributed by atoms with Crippen molar-refractivity contribution in [2.24, 2.45) is 5.92 Å². The van der Waals surface area contributed by atoms with E-state index < -0.39 is 0 Å². The highest BCUT2D eigenvalue weighted by molar-refractivity contribution is 7.99. The zero-order chi connectivity index (χ0) is 15.1. The van der Waals surface area contributed by atoms with Crippen molar-refractivity contribution in [2.75, 3.05) is 18.9 Å². The summed E-state index contributed by atoms with van der Waals surface area (Å²) in [7, 11) is 1.86. The summed E-state index contributed by atoms with van der Waals surface area (Å²) in [6.07, 6.45) is 0. The summed E-state index contributed by atoms with van der Waals surface area (Å²) in [5.74, 6) is 1.02. The lowest BCUT2D eigenvalue weighted by molar-refractivity contribution is -0.119. The van der Waals surface area contributed by atoms with E-state index in [0.29, 0.717) is 11.8 Å². The van der Waals surface area contributed by atoms with Crippen LogP contribution >= 0.6 is 24.2 Å². The lowest BCUT2D eigenvalue weighted by atomic mass is 10.1. The van der Waals surface area contributed by atoms with Gasteiger partial charge in [0.1, 0.15) is 0 Å². The third-order valence-electron chi connectivity index (χ3n) is 3.23. The predicted octanol–water partition coefficient (Wildman–Crippen LogP) is 3.85. The second-order valence-corrected chi connectivity index (χ2v) is 6.96. The molecule has 2 N–H and O–H groups in total. The van der Waals surface area contributed by atoms with E-state index in [4.69, 9.17) is 0 Å². The Bertz CT molecular complexity index is 452. The summed E-state index contributed by atoms with van der Waals surface area (Å²) in [6, 6.07) is 6.13. The predicted molar refractivity (Wildman–Crippen MR) is 96.6 cm³/mol. The molecule has 0 fully saturated rings. The van der Waals surface area contributed by atoms with Gasteiger partial charge in [0.2, 0.25) is 5.91 Å². The molecule has 1 rings (SSSR count). The quantitative estimate of drug-likeness (QED) is 0.797. The number of halogens is 1. The van der Waals surface area contributed by atoms with Crippen molar-refractivity contribution in [3.05, 3.63) is 29.3 Å². The van der Waals surface area contributed by atoms with Crippen LogP contribution in [-0.2, 0) is 10.5 Å². The molecule has 120 valence electrons. The Morgan fingerprint density at radius 1 is 1.29 bits per heavy atom. The average Bonchev–Trinajstić information content (AvgIpc) is 2.39. The van der Waals surface area contributed by atoms with Crippen LogP contribution in [0, 0.1) is 12.8 Å². The topological polar surface area (TPSA) is 41.1 Å². The first kappa shape index (κ1) is 20.3. The Balaban J connectivity index is 0.00000400. The minimum absolute atomic E-state index is 0. The molecule has 0 saturated heterocycles. The number of hydrogen-bond donors (Lipinski definition) is 2. The first-order valence-electron chi connectivity index (χ1n) is 7.11. The Labute approximate surface area is 139 Å². The Hall–Kier alpha value is -0.710. The van der Waals surface area contributed by atoms with Crippen molar-refractivity contribution >= 4 is 35.8 Å². The van der Waals surface area contributed by atoms with Crippen LogP contribution in [0.4, 0.5) is 5.69 Å². The minimum Gasteiger partial charge on any atom is -0.326 e. The van der Waals surface area contributed by atoms with Gasteiger partial charge in [0.15, 0.2) is 0 Å². The van der Waals surface area contributed by atoms with Crippen LogP contribution in [0.3, 0.4) is 0 Å².